The number of hydrogen-bond acceptors (Lipinski definition) is 5. The molecule has 0 aliphatic rings. The van der Waals surface area contributed by atoms with E-state index in [1.54, 1.807) is 7.11 Å². The van der Waals surface area contributed by atoms with E-state index in [1.807, 2.05) is 13.0 Å². The fraction of sp³-hybridized carbons (Fsp3) is 0.550. The molecule has 0 aliphatic carbocycles. The summed E-state index contributed by atoms with van der Waals surface area (Å²) < 4.78 is 10.7. The third kappa shape index (κ3) is 7.35. The van der Waals surface area contributed by atoms with Crippen LogP contribution in [0.5, 0.6) is 0 Å². The van der Waals surface area contributed by atoms with Crippen LogP contribution in [0.1, 0.15) is 50.0 Å². The lowest BCUT2D eigenvalue weighted by atomic mass is 10.1. The first-order valence-corrected chi connectivity index (χ1v) is 9.34. The Labute approximate surface area is 155 Å². The molecule has 6 nitrogen and oxygen atoms in total. The van der Waals surface area contributed by atoms with Crippen molar-refractivity contribution in [2.45, 2.75) is 57.9 Å². The van der Waals surface area contributed by atoms with Crippen molar-refractivity contribution in [1.82, 2.24) is 15.5 Å². The predicted molar refractivity (Wildman–Crippen MR) is 99.8 cm³/mol. The highest BCUT2D eigenvalue weighted by molar-refractivity contribution is 5.76. The van der Waals surface area contributed by atoms with Crippen molar-refractivity contribution in [3.05, 3.63) is 47.7 Å². The molecule has 0 aliphatic heterocycles. The molecule has 0 bridgehead atoms. The van der Waals surface area contributed by atoms with E-state index in [9.17, 15) is 4.79 Å². The van der Waals surface area contributed by atoms with Gasteiger partial charge in [-0.2, -0.15) is 0 Å². The number of hydrogen-bond donors (Lipinski definition) is 1. The Bertz CT molecular complexity index is 643. The van der Waals surface area contributed by atoms with Crippen molar-refractivity contribution in [3.8, 4) is 0 Å². The highest BCUT2D eigenvalue weighted by Crippen LogP contribution is 2.09. The topological polar surface area (TPSA) is 77.2 Å². The molecular weight excluding hydrogens is 330 g/mol. The molecule has 1 amide bonds. The highest BCUT2D eigenvalue weighted by Gasteiger charge is 2.12. The molecule has 1 N–H and O–H groups in total. The van der Waals surface area contributed by atoms with Crippen LogP contribution in [0.3, 0.4) is 0 Å². The summed E-state index contributed by atoms with van der Waals surface area (Å²) in [5, 5.41) is 11.1. The maximum Gasteiger partial charge on any atom is 0.220 e. The van der Waals surface area contributed by atoms with E-state index < -0.39 is 0 Å². The van der Waals surface area contributed by atoms with Gasteiger partial charge in [-0.3, -0.25) is 4.79 Å². The summed E-state index contributed by atoms with van der Waals surface area (Å²) in [6.45, 7) is 2.54. The van der Waals surface area contributed by atoms with Crippen LogP contribution in [0, 0.1) is 0 Å². The number of nitrogens with zero attached hydrogens (tertiary/aromatic N) is 2. The zero-order valence-electron chi connectivity index (χ0n) is 15.7. The van der Waals surface area contributed by atoms with Crippen LogP contribution in [0.25, 0.3) is 0 Å². The van der Waals surface area contributed by atoms with Gasteiger partial charge in [-0.05, 0) is 31.2 Å². The fourth-order valence-corrected chi connectivity index (χ4v) is 2.72. The van der Waals surface area contributed by atoms with Crippen molar-refractivity contribution in [2.75, 3.05) is 13.7 Å². The van der Waals surface area contributed by atoms with Crippen molar-refractivity contribution < 1.29 is 13.9 Å². The number of methoxy groups -OCH3 is 1. The number of unbranched alkanes of at least 4 members (excludes halogenated alkanes) is 1. The lowest BCUT2D eigenvalue weighted by molar-refractivity contribution is -0.122. The number of nitrogens with one attached hydrogen (secondary N) is 1. The molecule has 2 rings (SSSR count). The van der Waals surface area contributed by atoms with E-state index in [0.717, 1.165) is 32.1 Å². The van der Waals surface area contributed by atoms with Crippen LogP contribution in [-0.2, 0) is 28.8 Å². The van der Waals surface area contributed by atoms with Crippen LogP contribution >= 0.6 is 0 Å². The Kier molecular flexibility index (Phi) is 8.83. The minimum absolute atomic E-state index is 0.0171. The Hall–Kier alpha value is -2.21. The molecule has 1 aromatic heterocycles. The zero-order chi connectivity index (χ0) is 18.6. The van der Waals surface area contributed by atoms with Gasteiger partial charge in [-0.25, -0.2) is 0 Å². The third-order valence-corrected chi connectivity index (χ3v) is 4.25. The summed E-state index contributed by atoms with van der Waals surface area (Å²) in [5.74, 6) is 1.16. The van der Waals surface area contributed by atoms with E-state index in [-0.39, 0.29) is 11.9 Å². The van der Waals surface area contributed by atoms with Gasteiger partial charge in [0.05, 0.1) is 12.6 Å². The van der Waals surface area contributed by atoms with Crippen molar-refractivity contribution in [1.29, 1.82) is 0 Å². The van der Waals surface area contributed by atoms with Gasteiger partial charge in [0.1, 0.15) is 0 Å². The van der Waals surface area contributed by atoms with Gasteiger partial charge >= 0.3 is 0 Å². The molecule has 0 spiro atoms. The first-order valence-electron chi connectivity index (χ1n) is 9.34. The number of carbonyl (C=O) groups excluding carboxylic acids is 1. The minimum atomic E-state index is -0.0171. The van der Waals surface area contributed by atoms with Gasteiger partial charge in [0.15, 0.2) is 0 Å². The summed E-state index contributed by atoms with van der Waals surface area (Å²) in [7, 11) is 1.63. The molecule has 0 fully saturated rings. The summed E-state index contributed by atoms with van der Waals surface area (Å²) in [6.07, 6.45) is 5.57. The first-order chi connectivity index (χ1) is 12.7. The van der Waals surface area contributed by atoms with Crippen LogP contribution in [0.4, 0.5) is 0 Å². The summed E-state index contributed by atoms with van der Waals surface area (Å²) in [4.78, 5) is 12.0. The van der Waals surface area contributed by atoms with Crippen LogP contribution in [0.2, 0.25) is 0 Å². The molecule has 26 heavy (non-hydrogen) atoms. The summed E-state index contributed by atoms with van der Waals surface area (Å²) in [5.41, 5.74) is 1.35. The SMILES string of the molecule is CC[C@@H](COC)NC(=O)CCc1nnc(CCCCc2ccccc2)o1. The Morgan fingerprint density at radius 2 is 1.81 bits per heavy atom. The number of rotatable bonds is 12. The zero-order valence-corrected chi connectivity index (χ0v) is 15.7. The second-order valence-electron chi connectivity index (χ2n) is 6.41. The van der Waals surface area contributed by atoms with E-state index in [1.165, 1.54) is 5.56 Å². The van der Waals surface area contributed by atoms with E-state index in [2.05, 4.69) is 39.8 Å². The number of benzene rings is 1. The summed E-state index contributed by atoms with van der Waals surface area (Å²) in [6, 6.07) is 10.5. The average Bonchev–Trinajstić information content (AvgIpc) is 3.12. The lowest BCUT2D eigenvalue weighted by Crippen LogP contribution is -2.37. The largest absolute Gasteiger partial charge is 0.425 e. The highest BCUT2D eigenvalue weighted by atomic mass is 16.5. The lowest BCUT2D eigenvalue weighted by Gasteiger charge is -2.15. The van der Waals surface area contributed by atoms with E-state index in [0.29, 0.717) is 31.2 Å². The van der Waals surface area contributed by atoms with Gasteiger partial charge < -0.3 is 14.5 Å². The second kappa shape index (κ2) is 11.4. The number of aromatic nitrogens is 2. The third-order valence-electron chi connectivity index (χ3n) is 4.25. The number of ether oxygens (including phenoxy) is 1. The van der Waals surface area contributed by atoms with Crippen LogP contribution in [0.15, 0.2) is 34.7 Å². The normalized spacial score (nSPS) is 12.1. The van der Waals surface area contributed by atoms with Crippen molar-refractivity contribution in [2.24, 2.45) is 0 Å². The molecule has 1 heterocycles. The predicted octanol–water partition coefficient (Wildman–Crippen LogP) is 3.11. The Morgan fingerprint density at radius 3 is 2.50 bits per heavy atom. The standard InChI is InChI=1S/C20H29N3O3/c1-3-17(15-25-2)21-18(24)13-14-20-23-22-19(26-20)12-8-7-11-16-9-5-4-6-10-16/h4-6,9-10,17H,3,7-8,11-15H2,1-2H3,(H,21,24)/t17-/m0/s1. The van der Waals surface area contributed by atoms with Crippen LogP contribution in [-0.4, -0.2) is 35.9 Å². The molecule has 0 saturated carbocycles. The maximum absolute atomic E-state index is 12.0. The van der Waals surface area contributed by atoms with Gasteiger partial charge in [-0.15, -0.1) is 10.2 Å². The number of aryl methyl sites for hydroxylation is 3. The minimum Gasteiger partial charge on any atom is -0.425 e. The molecule has 1 atom stereocenters. The Balaban J connectivity index is 1.65. The first kappa shape index (κ1) is 20.1. The molecule has 0 saturated heterocycles. The van der Waals surface area contributed by atoms with Crippen LogP contribution < -0.4 is 5.32 Å². The molecular formula is C20H29N3O3. The molecule has 0 unspecified atom stereocenters. The van der Waals surface area contributed by atoms with E-state index in [4.69, 9.17) is 9.15 Å². The number of amides is 1. The second-order valence-corrected chi connectivity index (χ2v) is 6.41. The van der Waals surface area contributed by atoms with Gasteiger partial charge in [-0.1, -0.05) is 37.3 Å². The average molecular weight is 359 g/mol. The molecule has 1 aromatic carbocycles. The smallest absolute Gasteiger partial charge is 0.220 e. The Morgan fingerprint density at radius 1 is 1.12 bits per heavy atom. The van der Waals surface area contributed by atoms with Crippen molar-refractivity contribution >= 4 is 5.91 Å². The fourth-order valence-electron chi connectivity index (χ4n) is 2.72. The monoisotopic (exact) mass is 359 g/mol. The number of carbonyl (C=O) groups is 1. The molecule has 6 heteroatoms. The quantitative estimate of drug-likeness (QED) is 0.589. The van der Waals surface area contributed by atoms with Crippen molar-refractivity contribution in [3.63, 3.8) is 0 Å². The van der Waals surface area contributed by atoms with Gasteiger partial charge in [0.25, 0.3) is 0 Å². The molecule has 2 aromatic rings. The summed E-state index contributed by atoms with van der Waals surface area (Å²) >= 11 is 0. The molecule has 0 radical (unpaired) electrons. The maximum atomic E-state index is 12.0. The molecule has 142 valence electrons. The van der Waals surface area contributed by atoms with E-state index >= 15 is 0 Å². The van der Waals surface area contributed by atoms with Gasteiger partial charge in [0.2, 0.25) is 17.7 Å². The van der Waals surface area contributed by atoms with Gasteiger partial charge in [0, 0.05) is 26.4 Å².